The molecular weight excluding hydrogens is 360 g/mol. The number of thioether (sulfide) groups is 1. The van der Waals surface area contributed by atoms with Crippen LogP contribution in [-0.2, 0) is 4.79 Å². The smallest absolute Gasteiger partial charge is 0.280 e. The van der Waals surface area contributed by atoms with Crippen LogP contribution in [0.3, 0.4) is 0 Å². The number of nitrogens with zero attached hydrogens (tertiary/aromatic N) is 2. The molecule has 0 spiro atoms. The third kappa shape index (κ3) is 3.35. The second kappa shape index (κ2) is 6.81. The molecule has 1 aliphatic heterocycles. The van der Waals surface area contributed by atoms with Crippen LogP contribution >= 0.6 is 24.0 Å². The predicted octanol–water partition coefficient (Wildman–Crippen LogP) is 4.38. The predicted molar refractivity (Wildman–Crippen MR) is 101 cm³/mol. The molecule has 25 heavy (non-hydrogen) atoms. The lowest BCUT2D eigenvalue weighted by Gasteiger charge is -2.09. The number of hydrogen-bond acceptors (Lipinski definition) is 6. The molecule has 128 valence electrons. The number of nitro groups is 1. The molecule has 2 heterocycles. The number of hydrogen-bond donors (Lipinski definition) is 0. The summed E-state index contributed by atoms with van der Waals surface area (Å²) in [7, 11) is 0. The van der Waals surface area contributed by atoms with Crippen molar-refractivity contribution >= 4 is 46.0 Å². The average molecular weight is 374 g/mol. The molecule has 6 nitrogen and oxygen atoms in total. The minimum absolute atomic E-state index is 0.0155. The van der Waals surface area contributed by atoms with E-state index in [4.69, 9.17) is 16.6 Å². The van der Waals surface area contributed by atoms with E-state index in [1.165, 1.54) is 22.7 Å². The molecule has 1 amide bonds. The summed E-state index contributed by atoms with van der Waals surface area (Å²) in [5.41, 5.74) is 1.18. The van der Waals surface area contributed by atoms with E-state index in [0.717, 1.165) is 5.56 Å². The fraction of sp³-hybridized carbons (Fsp3) is 0.176. The number of carbonyl (C=O) groups is 1. The molecule has 2 aromatic rings. The van der Waals surface area contributed by atoms with Crippen molar-refractivity contribution in [1.29, 1.82) is 0 Å². The topological polar surface area (TPSA) is 76.6 Å². The Bertz CT molecular complexity index is 917. The molecule has 0 N–H and O–H groups in total. The van der Waals surface area contributed by atoms with Crippen LogP contribution in [0.1, 0.15) is 18.2 Å². The van der Waals surface area contributed by atoms with Gasteiger partial charge in [-0.3, -0.25) is 19.8 Å². The summed E-state index contributed by atoms with van der Waals surface area (Å²) < 4.78 is 6.22. The largest absolute Gasteiger partial charge is 0.456 e. The van der Waals surface area contributed by atoms with Crippen LogP contribution in [0.5, 0.6) is 0 Å². The molecule has 1 fully saturated rings. The number of thiocarbonyl (C=S) groups is 1. The van der Waals surface area contributed by atoms with E-state index >= 15 is 0 Å². The van der Waals surface area contributed by atoms with E-state index in [0.29, 0.717) is 32.9 Å². The first-order valence-electron chi connectivity index (χ1n) is 7.51. The number of benzene rings is 1. The Morgan fingerprint density at radius 2 is 2.12 bits per heavy atom. The van der Waals surface area contributed by atoms with E-state index in [1.54, 1.807) is 37.3 Å². The maximum atomic E-state index is 12.2. The molecule has 3 rings (SSSR count). The van der Waals surface area contributed by atoms with Gasteiger partial charge in [-0.2, -0.15) is 0 Å². The highest BCUT2D eigenvalue weighted by molar-refractivity contribution is 8.26. The third-order valence-electron chi connectivity index (χ3n) is 3.71. The van der Waals surface area contributed by atoms with Crippen molar-refractivity contribution in [3.05, 3.63) is 56.7 Å². The number of rotatable bonds is 4. The Kier molecular flexibility index (Phi) is 4.73. The van der Waals surface area contributed by atoms with Crippen molar-refractivity contribution in [3.8, 4) is 11.3 Å². The van der Waals surface area contributed by atoms with Gasteiger partial charge in [0, 0.05) is 18.7 Å². The summed E-state index contributed by atoms with van der Waals surface area (Å²) in [6, 6.07) is 8.29. The molecular formula is C17H14N2O4S2. The summed E-state index contributed by atoms with van der Waals surface area (Å²) >= 11 is 6.39. The maximum absolute atomic E-state index is 12.2. The number of amides is 1. The molecule has 0 radical (unpaired) electrons. The van der Waals surface area contributed by atoms with Gasteiger partial charge < -0.3 is 4.42 Å². The van der Waals surface area contributed by atoms with Crippen LogP contribution in [0.4, 0.5) is 5.69 Å². The van der Waals surface area contributed by atoms with Gasteiger partial charge in [-0.15, -0.1) is 0 Å². The van der Waals surface area contributed by atoms with Crippen molar-refractivity contribution < 1.29 is 14.1 Å². The summed E-state index contributed by atoms with van der Waals surface area (Å²) in [5, 5.41) is 11.3. The van der Waals surface area contributed by atoms with Crippen molar-refractivity contribution in [2.75, 3.05) is 6.54 Å². The van der Waals surface area contributed by atoms with Crippen LogP contribution in [0.15, 0.2) is 39.7 Å². The first kappa shape index (κ1) is 17.4. The van der Waals surface area contributed by atoms with Crippen LogP contribution in [0.25, 0.3) is 17.4 Å². The first-order chi connectivity index (χ1) is 11.9. The maximum Gasteiger partial charge on any atom is 0.280 e. The number of aryl methyl sites for hydroxylation is 1. The highest BCUT2D eigenvalue weighted by Gasteiger charge is 2.31. The second-order valence-electron chi connectivity index (χ2n) is 5.41. The fourth-order valence-electron chi connectivity index (χ4n) is 2.48. The summed E-state index contributed by atoms with van der Waals surface area (Å²) in [4.78, 5) is 25.1. The third-order valence-corrected chi connectivity index (χ3v) is 5.08. The zero-order valence-corrected chi connectivity index (χ0v) is 15.1. The van der Waals surface area contributed by atoms with E-state index in [2.05, 4.69) is 0 Å². The second-order valence-corrected chi connectivity index (χ2v) is 7.08. The Balaban J connectivity index is 1.95. The number of furan rings is 1. The minimum Gasteiger partial charge on any atom is -0.456 e. The molecule has 8 heteroatoms. The van der Waals surface area contributed by atoms with E-state index in [9.17, 15) is 14.9 Å². The molecule has 0 atom stereocenters. The van der Waals surface area contributed by atoms with Crippen LogP contribution in [0.2, 0.25) is 0 Å². The van der Waals surface area contributed by atoms with Crippen molar-refractivity contribution in [2.45, 2.75) is 13.8 Å². The normalized spacial score (nSPS) is 16.1. The first-order valence-corrected chi connectivity index (χ1v) is 8.73. The summed E-state index contributed by atoms with van der Waals surface area (Å²) in [6.45, 7) is 4.16. The number of carbonyl (C=O) groups excluding carboxylic acids is 1. The summed E-state index contributed by atoms with van der Waals surface area (Å²) in [6.07, 6.45) is 1.61. The lowest BCUT2D eigenvalue weighted by atomic mass is 10.1. The number of likely N-dealkylation sites (N-methyl/N-ethyl adjacent to an activating group) is 1. The highest BCUT2D eigenvalue weighted by Crippen LogP contribution is 2.35. The molecule has 1 aromatic carbocycles. The lowest BCUT2D eigenvalue weighted by molar-refractivity contribution is -0.384. The Morgan fingerprint density at radius 3 is 2.76 bits per heavy atom. The van der Waals surface area contributed by atoms with Gasteiger partial charge in [0.15, 0.2) is 0 Å². The lowest BCUT2D eigenvalue weighted by Crippen LogP contribution is -2.27. The Hall–Kier alpha value is -2.45. The highest BCUT2D eigenvalue weighted by atomic mass is 32.2. The quantitative estimate of drug-likeness (QED) is 0.342. The molecule has 0 saturated carbocycles. The zero-order chi connectivity index (χ0) is 18.1. The molecule has 1 aromatic heterocycles. The van der Waals surface area contributed by atoms with Gasteiger partial charge in [-0.25, -0.2) is 0 Å². The van der Waals surface area contributed by atoms with Gasteiger partial charge in [0.1, 0.15) is 15.8 Å². The Morgan fingerprint density at radius 1 is 1.36 bits per heavy atom. The summed E-state index contributed by atoms with van der Waals surface area (Å²) in [5.74, 6) is 0.669. The molecule has 0 bridgehead atoms. The van der Waals surface area contributed by atoms with E-state index in [-0.39, 0.29) is 11.6 Å². The average Bonchev–Trinajstić information content (AvgIpc) is 3.12. The number of nitro benzene ring substituents is 1. The van der Waals surface area contributed by atoms with Crippen molar-refractivity contribution in [1.82, 2.24) is 4.90 Å². The zero-order valence-electron chi connectivity index (χ0n) is 13.5. The van der Waals surface area contributed by atoms with Crippen LogP contribution in [0, 0.1) is 17.0 Å². The monoisotopic (exact) mass is 374 g/mol. The van der Waals surface area contributed by atoms with E-state index in [1.807, 2.05) is 6.92 Å². The van der Waals surface area contributed by atoms with Gasteiger partial charge in [-0.1, -0.05) is 30.0 Å². The molecule has 1 saturated heterocycles. The minimum atomic E-state index is -0.434. The van der Waals surface area contributed by atoms with Gasteiger partial charge in [0.2, 0.25) is 0 Å². The fourth-order valence-corrected chi connectivity index (χ4v) is 3.84. The van der Waals surface area contributed by atoms with Gasteiger partial charge in [0.05, 0.1) is 15.4 Å². The molecule has 1 aliphatic rings. The van der Waals surface area contributed by atoms with Gasteiger partial charge in [-0.05, 0) is 37.6 Å². The van der Waals surface area contributed by atoms with Gasteiger partial charge in [0.25, 0.3) is 11.6 Å². The van der Waals surface area contributed by atoms with Crippen molar-refractivity contribution in [3.63, 3.8) is 0 Å². The Labute approximate surface area is 153 Å². The van der Waals surface area contributed by atoms with Gasteiger partial charge >= 0.3 is 0 Å². The van der Waals surface area contributed by atoms with Crippen LogP contribution < -0.4 is 0 Å². The SMILES string of the molecule is CCN1C(=O)/C(=C/c2ccc(-c3ccc(C)cc3[N+](=O)[O-])o2)SC1=S. The van der Waals surface area contributed by atoms with Crippen LogP contribution in [-0.4, -0.2) is 26.6 Å². The van der Waals surface area contributed by atoms with E-state index < -0.39 is 4.92 Å². The standard InChI is InChI=1S/C17H14N2O4S2/c1-3-18-16(20)15(25-17(18)24)9-11-5-7-14(23-11)12-6-4-10(2)8-13(12)19(21)22/h4-9H,3H2,1-2H3/b15-9-. The molecule has 0 unspecified atom stereocenters. The molecule has 0 aliphatic carbocycles. The van der Waals surface area contributed by atoms with Crippen molar-refractivity contribution in [2.24, 2.45) is 0 Å².